The number of aryl methyl sites for hydroxylation is 1. The van der Waals surface area contributed by atoms with Gasteiger partial charge < -0.3 is 5.32 Å². The van der Waals surface area contributed by atoms with Crippen molar-refractivity contribution in [3.63, 3.8) is 0 Å². The highest BCUT2D eigenvalue weighted by Crippen LogP contribution is 1.93. The van der Waals surface area contributed by atoms with Gasteiger partial charge >= 0.3 is 0 Å². The summed E-state index contributed by atoms with van der Waals surface area (Å²) in [7, 11) is -2.97. The summed E-state index contributed by atoms with van der Waals surface area (Å²) >= 11 is 0. The summed E-state index contributed by atoms with van der Waals surface area (Å²) in [6.07, 6.45) is 1.20. The molecule has 7 nitrogen and oxygen atoms in total. The Balaban J connectivity index is 2.57. The molecule has 1 heterocycles. The Bertz CT molecular complexity index is 399. The molecule has 8 heteroatoms. The molecule has 0 spiro atoms. The quantitative estimate of drug-likeness (QED) is 0.665. The smallest absolute Gasteiger partial charge is 0.165 e. The minimum atomic E-state index is -2.97. The van der Waals surface area contributed by atoms with Crippen LogP contribution >= 0.6 is 0 Å². The van der Waals surface area contributed by atoms with Gasteiger partial charge in [-0.25, -0.2) is 13.1 Å². The fourth-order valence-corrected chi connectivity index (χ4v) is 1.52. The molecule has 0 bridgehead atoms. The summed E-state index contributed by atoms with van der Waals surface area (Å²) in [5.41, 5.74) is 0. The summed E-state index contributed by atoms with van der Waals surface area (Å²) in [6, 6.07) is 0. The zero-order valence-corrected chi connectivity index (χ0v) is 9.66. The van der Waals surface area contributed by atoms with E-state index in [1.165, 1.54) is 10.9 Å². The summed E-state index contributed by atoms with van der Waals surface area (Å²) in [6.45, 7) is 3.64. The number of hydrogen-bond donors (Lipinski definition) is 1. The molecule has 1 aromatic rings. The van der Waals surface area contributed by atoms with Gasteiger partial charge in [0.2, 0.25) is 0 Å². The first-order valence-corrected chi connectivity index (χ1v) is 6.72. The molecule has 0 saturated carbocycles. The Morgan fingerprint density at radius 2 is 2.20 bits per heavy atom. The maximum Gasteiger partial charge on any atom is 0.165 e. The molecule has 0 unspecified atom stereocenters. The maximum absolute atomic E-state index is 11.0. The first-order chi connectivity index (χ1) is 7.03. The lowest BCUT2D eigenvalue weighted by molar-refractivity contribution is 0.556. The molecule has 1 rings (SSSR count). The van der Waals surface area contributed by atoms with Crippen molar-refractivity contribution < 1.29 is 8.42 Å². The van der Waals surface area contributed by atoms with Gasteiger partial charge in [0.05, 0.1) is 18.8 Å². The van der Waals surface area contributed by atoms with Crippen LogP contribution in [0.3, 0.4) is 0 Å². The number of sulfone groups is 1. The van der Waals surface area contributed by atoms with Crippen molar-refractivity contribution in [1.82, 2.24) is 25.5 Å². The molecule has 0 aliphatic heterocycles. The van der Waals surface area contributed by atoms with Crippen molar-refractivity contribution in [1.29, 1.82) is 0 Å². The fourth-order valence-electron chi connectivity index (χ4n) is 1.01. The molecule has 1 aromatic heterocycles. The third-order valence-electron chi connectivity index (χ3n) is 1.81. The number of rotatable bonds is 6. The lowest BCUT2D eigenvalue weighted by atomic mass is 10.5. The van der Waals surface area contributed by atoms with Gasteiger partial charge in [-0.1, -0.05) is 6.92 Å². The van der Waals surface area contributed by atoms with Crippen molar-refractivity contribution in [2.24, 2.45) is 0 Å². The molecule has 15 heavy (non-hydrogen) atoms. The van der Waals surface area contributed by atoms with E-state index in [-0.39, 0.29) is 5.75 Å². The second-order valence-electron chi connectivity index (χ2n) is 3.23. The van der Waals surface area contributed by atoms with Gasteiger partial charge in [-0.2, -0.15) is 0 Å². The van der Waals surface area contributed by atoms with E-state index in [4.69, 9.17) is 0 Å². The van der Waals surface area contributed by atoms with Crippen LogP contribution < -0.4 is 5.32 Å². The van der Waals surface area contributed by atoms with Crippen LogP contribution in [0.5, 0.6) is 0 Å². The highest BCUT2D eigenvalue weighted by atomic mass is 32.2. The molecule has 0 atom stereocenters. The molecule has 0 aliphatic carbocycles. The van der Waals surface area contributed by atoms with Gasteiger partial charge in [-0.15, -0.1) is 5.10 Å². The number of aromatic nitrogens is 4. The summed E-state index contributed by atoms with van der Waals surface area (Å²) in [5.74, 6) is 0.706. The molecule has 0 aromatic carbocycles. The minimum absolute atomic E-state index is 0.0527. The van der Waals surface area contributed by atoms with Gasteiger partial charge in [-0.3, -0.25) is 0 Å². The van der Waals surface area contributed by atoms with Gasteiger partial charge in [0.25, 0.3) is 0 Å². The summed E-state index contributed by atoms with van der Waals surface area (Å²) < 4.78 is 23.4. The molecule has 1 N–H and O–H groups in total. The lowest BCUT2D eigenvalue weighted by Crippen LogP contribution is -2.19. The van der Waals surface area contributed by atoms with E-state index in [1.54, 1.807) is 0 Å². The van der Waals surface area contributed by atoms with E-state index in [2.05, 4.69) is 20.8 Å². The topological polar surface area (TPSA) is 89.8 Å². The molecular formula is C7H15N5O2S. The normalized spacial score (nSPS) is 11.9. The predicted octanol–water partition coefficient (Wildman–Crippen LogP) is -1.17. The van der Waals surface area contributed by atoms with Gasteiger partial charge in [0.15, 0.2) is 5.82 Å². The van der Waals surface area contributed by atoms with Gasteiger partial charge in [-0.05, 0) is 17.0 Å². The largest absolute Gasteiger partial charge is 0.310 e. The maximum atomic E-state index is 11.0. The van der Waals surface area contributed by atoms with Gasteiger partial charge in [0, 0.05) is 6.26 Å². The first-order valence-electron chi connectivity index (χ1n) is 4.66. The zero-order valence-electron chi connectivity index (χ0n) is 8.84. The Kier molecular flexibility index (Phi) is 4.15. The Morgan fingerprint density at radius 1 is 1.47 bits per heavy atom. The Morgan fingerprint density at radius 3 is 2.80 bits per heavy atom. The summed E-state index contributed by atoms with van der Waals surface area (Å²) in [4.78, 5) is 0. The average Bonchev–Trinajstić information content (AvgIpc) is 2.57. The molecule has 86 valence electrons. The second kappa shape index (κ2) is 5.17. The molecular weight excluding hydrogens is 218 g/mol. The van der Waals surface area contributed by atoms with Crippen LogP contribution in [0.15, 0.2) is 0 Å². The van der Waals surface area contributed by atoms with Crippen molar-refractivity contribution in [2.75, 3.05) is 18.6 Å². The molecule has 0 fully saturated rings. The van der Waals surface area contributed by atoms with E-state index < -0.39 is 9.84 Å². The Hall–Kier alpha value is -1.02. The van der Waals surface area contributed by atoms with Crippen LogP contribution in [0, 0.1) is 0 Å². The fraction of sp³-hybridized carbons (Fsp3) is 0.857. The molecule has 0 saturated heterocycles. The van der Waals surface area contributed by atoms with Crippen LogP contribution in [0.4, 0.5) is 0 Å². The number of tetrazole rings is 1. The highest BCUT2D eigenvalue weighted by Gasteiger charge is 2.08. The van der Waals surface area contributed by atoms with Crippen LogP contribution in [0.1, 0.15) is 12.7 Å². The van der Waals surface area contributed by atoms with Crippen LogP contribution in [0.25, 0.3) is 0 Å². The minimum Gasteiger partial charge on any atom is -0.310 e. The highest BCUT2D eigenvalue weighted by molar-refractivity contribution is 7.90. The van der Waals surface area contributed by atoms with E-state index in [0.29, 0.717) is 18.9 Å². The molecule has 0 radical (unpaired) electrons. The van der Waals surface area contributed by atoms with Crippen molar-refractivity contribution in [2.45, 2.75) is 20.0 Å². The number of hydrogen-bond acceptors (Lipinski definition) is 6. The SMILES string of the molecule is CCNCc1nnnn1CCS(C)(=O)=O. The van der Waals surface area contributed by atoms with E-state index >= 15 is 0 Å². The molecule has 0 amide bonds. The van der Waals surface area contributed by atoms with Crippen LogP contribution in [-0.4, -0.2) is 47.2 Å². The Labute approximate surface area is 88.8 Å². The van der Waals surface area contributed by atoms with Crippen LogP contribution in [-0.2, 0) is 22.9 Å². The zero-order chi connectivity index (χ0) is 11.3. The van der Waals surface area contributed by atoms with E-state index in [1.807, 2.05) is 6.92 Å². The van der Waals surface area contributed by atoms with Crippen molar-refractivity contribution in [3.05, 3.63) is 5.82 Å². The predicted molar refractivity (Wildman–Crippen MR) is 54.9 cm³/mol. The second-order valence-corrected chi connectivity index (χ2v) is 5.49. The van der Waals surface area contributed by atoms with E-state index in [9.17, 15) is 8.42 Å². The summed E-state index contributed by atoms with van der Waals surface area (Å²) in [5, 5.41) is 14.1. The van der Waals surface area contributed by atoms with E-state index in [0.717, 1.165) is 6.54 Å². The van der Waals surface area contributed by atoms with Crippen molar-refractivity contribution >= 4 is 9.84 Å². The number of nitrogens with one attached hydrogen (secondary N) is 1. The molecule has 0 aliphatic rings. The van der Waals surface area contributed by atoms with Crippen molar-refractivity contribution in [3.8, 4) is 0 Å². The average molecular weight is 233 g/mol. The number of nitrogens with zero attached hydrogens (tertiary/aromatic N) is 4. The monoisotopic (exact) mass is 233 g/mol. The van der Waals surface area contributed by atoms with Gasteiger partial charge in [0.1, 0.15) is 9.84 Å². The van der Waals surface area contributed by atoms with Crippen LogP contribution in [0.2, 0.25) is 0 Å². The third kappa shape index (κ3) is 4.34. The lowest BCUT2D eigenvalue weighted by Gasteiger charge is -2.03. The first kappa shape index (κ1) is 12.1. The third-order valence-corrected chi connectivity index (χ3v) is 2.74. The standard InChI is InChI=1S/C7H15N5O2S/c1-3-8-6-7-9-10-11-12(7)4-5-15(2,13)14/h8H,3-6H2,1-2H3.